The van der Waals surface area contributed by atoms with E-state index in [1.807, 2.05) is 56.4 Å². The Morgan fingerprint density at radius 1 is 1.08 bits per heavy atom. The minimum absolute atomic E-state index is 0.0430. The van der Waals surface area contributed by atoms with E-state index in [9.17, 15) is 4.79 Å². The molecule has 0 N–H and O–H groups in total. The molecule has 0 amide bonds. The van der Waals surface area contributed by atoms with Crippen molar-refractivity contribution in [1.29, 1.82) is 0 Å². The van der Waals surface area contributed by atoms with E-state index in [1.54, 1.807) is 6.08 Å². The summed E-state index contributed by atoms with van der Waals surface area (Å²) in [5.74, 6) is 0.0430. The first-order chi connectivity index (χ1) is 11.3. The lowest BCUT2D eigenvalue weighted by Gasteiger charge is -2.24. The maximum Gasteiger partial charge on any atom is 0.187 e. The number of likely N-dealkylation sites (N-methyl/N-ethyl adjacent to an activating group) is 1. The van der Waals surface area contributed by atoms with Crippen molar-refractivity contribution in [2.24, 2.45) is 0 Å². The zero-order valence-electron chi connectivity index (χ0n) is 15.0. The maximum absolute atomic E-state index is 12.8. The van der Waals surface area contributed by atoms with Gasteiger partial charge < -0.3 is 9.80 Å². The van der Waals surface area contributed by atoms with Gasteiger partial charge >= 0.3 is 0 Å². The van der Waals surface area contributed by atoms with Gasteiger partial charge in [-0.15, -0.1) is 0 Å². The highest BCUT2D eigenvalue weighted by atomic mass is 16.1. The molecule has 0 spiro atoms. The summed E-state index contributed by atoms with van der Waals surface area (Å²) in [7, 11) is 5.99. The first-order valence-corrected chi connectivity index (χ1v) is 8.19. The van der Waals surface area contributed by atoms with E-state index in [0.717, 1.165) is 11.4 Å². The second-order valence-electron chi connectivity index (χ2n) is 7.04. The Balaban J connectivity index is 2.00. The van der Waals surface area contributed by atoms with E-state index in [1.165, 1.54) is 11.3 Å². The van der Waals surface area contributed by atoms with Crippen molar-refractivity contribution < 1.29 is 4.79 Å². The van der Waals surface area contributed by atoms with Crippen molar-refractivity contribution in [3.05, 3.63) is 71.4 Å². The van der Waals surface area contributed by atoms with Gasteiger partial charge in [-0.3, -0.25) is 4.79 Å². The monoisotopic (exact) mass is 320 g/mol. The summed E-state index contributed by atoms with van der Waals surface area (Å²) >= 11 is 0. The molecule has 2 aromatic rings. The first-order valence-electron chi connectivity index (χ1n) is 8.19. The van der Waals surface area contributed by atoms with Crippen LogP contribution in [0.25, 0.3) is 0 Å². The highest BCUT2D eigenvalue weighted by Crippen LogP contribution is 2.46. The number of rotatable bonds is 3. The van der Waals surface area contributed by atoms with Crippen LogP contribution in [-0.2, 0) is 5.41 Å². The van der Waals surface area contributed by atoms with Gasteiger partial charge in [-0.1, -0.05) is 44.2 Å². The van der Waals surface area contributed by atoms with Crippen molar-refractivity contribution in [1.82, 2.24) is 0 Å². The first kappa shape index (κ1) is 16.3. The Hall–Kier alpha value is -2.55. The molecule has 1 aliphatic heterocycles. The average molecular weight is 320 g/mol. The Morgan fingerprint density at radius 3 is 2.46 bits per heavy atom. The van der Waals surface area contributed by atoms with Crippen molar-refractivity contribution in [2.75, 3.05) is 30.9 Å². The van der Waals surface area contributed by atoms with Gasteiger partial charge in [-0.2, -0.15) is 0 Å². The van der Waals surface area contributed by atoms with Crippen LogP contribution in [0.15, 0.2) is 60.3 Å². The second kappa shape index (κ2) is 5.82. The molecule has 0 saturated carbocycles. The van der Waals surface area contributed by atoms with E-state index >= 15 is 0 Å². The smallest absolute Gasteiger partial charge is 0.187 e. The summed E-state index contributed by atoms with van der Waals surface area (Å²) in [6.45, 7) is 4.34. The molecule has 24 heavy (non-hydrogen) atoms. The molecule has 0 unspecified atom stereocenters. The molecule has 1 aliphatic rings. The summed E-state index contributed by atoms with van der Waals surface area (Å²) in [6.07, 6.45) is 1.79. The number of nitrogens with zero attached hydrogens (tertiary/aromatic N) is 2. The predicted molar refractivity (Wildman–Crippen MR) is 101 cm³/mol. The number of hydrogen-bond donors (Lipinski definition) is 0. The summed E-state index contributed by atoms with van der Waals surface area (Å²) in [6, 6.07) is 16.1. The van der Waals surface area contributed by atoms with Crippen molar-refractivity contribution >= 4 is 17.2 Å². The Morgan fingerprint density at radius 2 is 1.79 bits per heavy atom. The average Bonchev–Trinajstić information content (AvgIpc) is 2.76. The quantitative estimate of drug-likeness (QED) is 0.624. The van der Waals surface area contributed by atoms with Crippen LogP contribution in [0.2, 0.25) is 0 Å². The van der Waals surface area contributed by atoms with E-state index in [-0.39, 0.29) is 11.2 Å². The number of allylic oxidation sites excluding steroid dienone is 2. The summed E-state index contributed by atoms with van der Waals surface area (Å²) in [4.78, 5) is 17.0. The summed E-state index contributed by atoms with van der Waals surface area (Å²) in [5, 5.41) is 0. The molecule has 0 fully saturated rings. The minimum atomic E-state index is -0.180. The normalized spacial score (nSPS) is 17.0. The van der Waals surface area contributed by atoms with Crippen molar-refractivity contribution in [3.8, 4) is 0 Å². The molecule has 2 aromatic carbocycles. The van der Waals surface area contributed by atoms with Gasteiger partial charge in [0.25, 0.3) is 0 Å². The molecule has 0 saturated heterocycles. The minimum Gasteiger partial charge on any atom is -0.378 e. The fourth-order valence-corrected chi connectivity index (χ4v) is 3.40. The summed E-state index contributed by atoms with van der Waals surface area (Å²) < 4.78 is 0. The molecule has 1 heterocycles. The third-order valence-corrected chi connectivity index (χ3v) is 4.86. The zero-order chi connectivity index (χ0) is 17.5. The van der Waals surface area contributed by atoms with Gasteiger partial charge in [0.05, 0.1) is 0 Å². The van der Waals surface area contributed by atoms with Crippen LogP contribution in [0.4, 0.5) is 11.4 Å². The van der Waals surface area contributed by atoms with Crippen LogP contribution in [0, 0.1) is 0 Å². The van der Waals surface area contributed by atoms with Crippen LogP contribution < -0.4 is 9.80 Å². The van der Waals surface area contributed by atoms with Gasteiger partial charge in [0.15, 0.2) is 5.78 Å². The molecule has 0 bridgehead atoms. The van der Waals surface area contributed by atoms with Crippen LogP contribution >= 0.6 is 0 Å². The fraction of sp³-hybridized carbons (Fsp3) is 0.286. The number of carbonyl (C=O) groups excluding carboxylic acids is 1. The number of para-hydroxylation sites is 1. The van der Waals surface area contributed by atoms with Crippen molar-refractivity contribution in [2.45, 2.75) is 19.3 Å². The number of fused-ring (bicyclic) bond motifs is 1. The molecule has 0 atom stereocenters. The molecule has 0 aliphatic carbocycles. The lowest BCUT2D eigenvalue weighted by molar-refractivity contribution is 0.104. The molecule has 0 aromatic heterocycles. The Kier molecular flexibility index (Phi) is 3.96. The van der Waals surface area contributed by atoms with E-state index in [2.05, 4.69) is 36.9 Å². The molecule has 3 nitrogen and oxygen atoms in total. The lowest BCUT2D eigenvalue weighted by Crippen LogP contribution is -2.24. The van der Waals surface area contributed by atoms with Crippen LogP contribution in [0.5, 0.6) is 0 Å². The number of anilines is 2. The lowest BCUT2D eigenvalue weighted by atomic mass is 9.83. The molecular formula is C21H24N2O. The summed E-state index contributed by atoms with van der Waals surface area (Å²) in [5.41, 5.74) is 5.02. The van der Waals surface area contributed by atoms with Gasteiger partial charge in [-0.25, -0.2) is 0 Å². The molecular weight excluding hydrogens is 296 g/mol. The van der Waals surface area contributed by atoms with Crippen LogP contribution in [-0.4, -0.2) is 26.9 Å². The number of hydrogen-bond acceptors (Lipinski definition) is 3. The van der Waals surface area contributed by atoms with Gasteiger partial charge in [0, 0.05) is 55.3 Å². The van der Waals surface area contributed by atoms with Gasteiger partial charge in [0.2, 0.25) is 0 Å². The number of ketones is 1. The second-order valence-corrected chi connectivity index (χ2v) is 7.04. The van der Waals surface area contributed by atoms with Crippen LogP contribution in [0.1, 0.15) is 29.8 Å². The number of carbonyl (C=O) groups is 1. The SMILES string of the molecule is CN(C)c1cccc(C(=O)/C=C2/N(C)c3ccccc3C2(C)C)c1. The largest absolute Gasteiger partial charge is 0.378 e. The molecule has 3 heteroatoms. The van der Waals surface area contributed by atoms with Gasteiger partial charge in [0.1, 0.15) is 0 Å². The molecule has 3 rings (SSSR count). The highest BCUT2D eigenvalue weighted by molar-refractivity contribution is 6.06. The standard InChI is InChI=1S/C21H24N2O/c1-21(2)17-11-6-7-12-18(17)23(5)20(21)14-19(24)15-9-8-10-16(13-15)22(3)4/h6-14H,1-5H3/b20-14+. The zero-order valence-corrected chi connectivity index (χ0v) is 15.0. The highest BCUT2D eigenvalue weighted by Gasteiger charge is 2.38. The third-order valence-electron chi connectivity index (χ3n) is 4.86. The molecule has 124 valence electrons. The van der Waals surface area contributed by atoms with Crippen molar-refractivity contribution in [3.63, 3.8) is 0 Å². The Bertz CT molecular complexity index is 818. The number of benzene rings is 2. The maximum atomic E-state index is 12.8. The molecule has 0 radical (unpaired) electrons. The third kappa shape index (κ3) is 2.60. The van der Waals surface area contributed by atoms with Gasteiger partial charge in [-0.05, 0) is 23.8 Å². The van der Waals surface area contributed by atoms with E-state index in [4.69, 9.17) is 0 Å². The topological polar surface area (TPSA) is 23.6 Å². The fourth-order valence-electron chi connectivity index (χ4n) is 3.40. The van der Waals surface area contributed by atoms with E-state index in [0.29, 0.717) is 5.56 Å². The van der Waals surface area contributed by atoms with E-state index < -0.39 is 0 Å². The van der Waals surface area contributed by atoms with Crippen LogP contribution in [0.3, 0.4) is 0 Å². The predicted octanol–water partition coefficient (Wildman–Crippen LogP) is 4.25. The Labute approximate surface area is 144 Å².